The van der Waals surface area contributed by atoms with Crippen LogP contribution in [-0.4, -0.2) is 11.1 Å². The zero-order chi connectivity index (χ0) is 15.2. The molecule has 0 heterocycles. The lowest BCUT2D eigenvalue weighted by molar-refractivity contribution is 0.455. The molecule has 2 rings (SSSR count). The Morgan fingerprint density at radius 2 is 1.62 bits per heavy atom. The summed E-state index contributed by atoms with van der Waals surface area (Å²) in [6.07, 6.45) is 1.97. The van der Waals surface area contributed by atoms with Gasteiger partial charge >= 0.3 is 0 Å². The first-order valence-electron chi connectivity index (χ1n) is 7.34. The molecule has 0 bridgehead atoms. The summed E-state index contributed by atoms with van der Waals surface area (Å²) in [4.78, 5) is 0. The Hall–Kier alpha value is -1.87. The highest BCUT2D eigenvalue weighted by Crippen LogP contribution is 2.16. The van der Waals surface area contributed by atoms with Crippen molar-refractivity contribution in [2.45, 2.75) is 38.8 Å². The van der Waals surface area contributed by atoms with Crippen LogP contribution in [0.15, 0.2) is 48.5 Å². The zero-order valence-electron chi connectivity index (χ0n) is 12.5. The third-order valence-corrected chi connectivity index (χ3v) is 3.71. The summed E-state index contributed by atoms with van der Waals surface area (Å²) in [6, 6.07) is 14.5. The van der Waals surface area contributed by atoms with Crippen molar-refractivity contribution >= 4 is 0 Å². The lowest BCUT2D eigenvalue weighted by Gasteiger charge is -2.20. The molecule has 0 radical (unpaired) electrons. The predicted molar refractivity (Wildman–Crippen MR) is 83.8 cm³/mol. The monoisotopic (exact) mass is 287 g/mol. The molecule has 2 nitrogen and oxygen atoms in total. The normalized spacial score (nSPS) is 13.9. The van der Waals surface area contributed by atoms with E-state index in [1.807, 2.05) is 24.3 Å². The maximum Gasteiger partial charge on any atom is 0.123 e. The van der Waals surface area contributed by atoms with Gasteiger partial charge in [-0.2, -0.15) is 0 Å². The van der Waals surface area contributed by atoms with Crippen LogP contribution in [-0.2, 0) is 6.42 Å². The molecule has 0 saturated heterocycles. The van der Waals surface area contributed by atoms with Crippen molar-refractivity contribution in [3.63, 3.8) is 0 Å². The predicted octanol–water partition coefficient (Wildman–Crippen LogP) is 4.20. The van der Waals surface area contributed by atoms with Gasteiger partial charge in [-0.15, -0.1) is 0 Å². The second-order valence-electron chi connectivity index (χ2n) is 5.55. The first-order valence-corrected chi connectivity index (χ1v) is 7.34. The van der Waals surface area contributed by atoms with Crippen LogP contribution in [0.5, 0.6) is 5.75 Å². The summed E-state index contributed by atoms with van der Waals surface area (Å²) >= 11 is 0. The van der Waals surface area contributed by atoms with E-state index >= 15 is 0 Å². The van der Waals surface area contributed by atoms with Gasteiger partial charge in [0, 0.05) is 12.1 Å². The summed E-state index contributed by atoms with van der Waals surface area (Å²) in [5.41, 5.74) is 2.31. The zero-order valence-corrected chi connectivity index (χ0v) is 12.5. The molecule has 0 aromatic heterocycles. The van der Waals surface area contributed by atoms with Crippen LogP contribution in [0, 0.1) is 5.82 Å². The van der Waals surface area contributed by atoms with Gasteiger partial charge in [-0.05, 0) is 62.1 Å². The number of phenolic OH excluding ortho intramolecular Hbond substituents is 1. The molecule has 1 unspecified atom stereocenters. The van der Waals surface area contributed by atoms with Gasteiger partial charge in [0.2, 0.25) is 0 Å². The molecule has 2 aromatic carbocycles. The quantitative estimate of drug-likeness (QED) is 0.834. The summed E-state index contributed by atoms with van der Waals surface area (Å²) in [5.74, 6) is 0.0983. The Kier molecular flexibility index (Phi) is 5.34. The molecule has 112 valence electrons. The van der Waals surface area contributed by atoms with Gasteiger partial charge in [0.25, 0.3) is 0 Å². The fourth-order valence-electron chi connectivity index (χ4n) is 2.40. The number of phenols is 1. The van der Waals surface area contributed by atoms with E-state index in [4.69, 9.17) is 0 Å². The Balaban J connectivity index is 1.82. The summed E-state index contributed by atoms with van der Waals surface area (Å²) in [5, 5.41) is 12.8. The molecule has 0 aliphatic heterocycles. The average molecular weight is 287 g/mol. The summed E-state index contributed by atoms with van der Waals surface area (Å²) in [6.45, 7) is 4.24. The number of aryl methyl sites for hydroxylation is 1. The van der Waals surface area contributed by atoms with Crippen LogP contribution in [0.4, 0.5) is 4.39 Å². The van der Waals surface area contributed by atoms with Crippen LogP contribution in [0.25, 0.3) is 0 Å². The first kappa shape index (κ1) is 15.5. The van der Waals surface area contributed by atoms with Crippen molar-refractivity contribution in [1.29, 1.82) is 0 Å². The fourth-order valence-corrected chi connectivity index (χ4v) is 2.40. The van der Waals surface area contributed by atoms with Gasteiger partial charge in [0.05, 0.1) is 0 Å². The largest absolute Gasteiger partial charge is 0.508 e. The van der Waals surface area contributed by atoms with E-state index in [2.05, 4.69) is 19.2 Å². The maximum atomic E-state index is 12.9. The number of nitrogens with one attached hydrogen (secondary N) is 1. The highest BCUT2D eigenvalue weighted by molar-refractivity contribution is 5.26. The lowest BCUT2D eigenvalue weighted by atomic mass is 10.0. The van der Waals surface area contributed by atoms with E-state index in [9.17, 15) is 9.50 Å². The van der Waals surface area contributed by atoms with Gasteiger partial charge in [-0.25, -0.2) is 4.39 Å². The molecule has 2 aromatic rings. The standard InChI is InChI=1S/C18H22FNO/c1-13(3-4-15-5-11-18(21)12-6-15)20-14(2)16-7-9-17(19)10-8-16/h5-14,20-21H,3-4H2,1-2H3/t13?,14-/m1/s1. The minimum Gasteiger partial charge on any atom is -0.508 e. The van der Waals surface area contributed by atoms with E-state index < -0.39 is 0 Å². The topological polar surface area (TPSA) is 32.3 Å². The number of hydrogen-bond donors (Lipinski definition) is 2. The van der Waals surface area contributed by atoms with Gasteiger partial charge < -0.3 is 10.4 Å². The molecule has 0 aliphatic rings. The molecule has 2 N–H and O–H groups in total. The molecule has 2 atom stereocenters. The van der Waals surface area contributed by atoms with Crippen LogP contribution < -0.4 is 5.32 Å². The molecular weight excluding hydrogens is 265 g/mol. The molecule has 3 heteroatoms. The number of rotatable bonds is 6. The Morgan fingerprint density at radius 3 is 2.24 bits per heavy atom. The van der Waals surface area contributed by atoms with Crippen molar-refractivity contribution in [3.8, 4) is 5.75 Å². The molecule has 0 aliphatic carbocycles. The average Bonchev–Trinajstić information content (AvgIpc) is 2.47. The van der Waals surface area contributed by atoms with E-state index in [1.54, 1.807) is 12.1 Å². The van der Waals surface area contributed by atoms with Crippen molar-refractivity contribution < 1.29 is 9.50 Å². The van der Waals surface area contributed by atoms with Crippen molar-refractivity contribution in [3.05, 3.63) is 65.5 Å². The van der Waals surface area contributed by atoms with Crippen LogP contribution in [0.3, 0.4) is 0 Å². The van der Waals surface area contributed by atoms with Gasteiger partial charge in [-0.3, -0.25) is 0 Å². The van der Waals surface area contributed by atoms with Gasteiger partial charge in [-0.1, -0.05) is 24.3 Å². The smallest absolute Gasteiger partial charge is 0.123 e. The van der Waals surface area contributed by atoms with E-state index in [1.165, 1.54) is 17.7 Å². The van der Waals surface area contributed by atoms with Gasteiger partial charge in [0.15, 0.2) is 0 Å². The van der Waals surface area contributed by atoms with Gasteiger partial charge in [0.1, 0.15) is 11.6 Å². The fraction of sp³-hybridized carbons (Fsp3) is 0.333. The Morgan fingerprint density at radius 1 is 1.00 bits per heavy atom. The van der Waals surface area contributed by atoms with Crippen LogP contribution in [0.2, 0.25) is 0 Å². The van der Waals surface area contributed by atoms with Crippen molar-refractivity contribution in [2.24, 2.45) is 0 Å². The second kappa shape index (κ2) is 7.23. The minimum absolute atomic E-state index is 0.195. The number of benzene rings is 2. The van der Waals surface area contributed by atoms with Crippen LogP contribution >= 0.6 is 0 Å². The third-order valence-electron chi connectivity index (χ3n) is 3.71. The highest BCUT2D eigenvalue weighted by Gasteiger charge is 2.09. The summed E-state index contributed by atoms with van der Waals surface area (Å²) in [7, 11) is 0. The molecular formula is C18H22FNO. The van der Waals surface area contributed by atoms with Crippen LogP contribution in [0.1, 0.15) is 37.4 Å². The molecule has 0 saturated carbocycles. The van der Waals surface area contributed by atoms with E-state index in [0.717, 1.165) is 18.4 Å². The number of aromatic hydroxyl groups is 1. The highest BCUT2D eigenvalue weighted by atomic mass is 19.1. The van der Waals surface area contributed by atoms with E-state index in [-0.39, 0.29) is 11.9 Å². The van der Waals surface area contributed by atoms with Crippen molar-refractivity contribution in [2.75, 3.05) is 0 Å². The second-order valence-corrected chi connectivity index (χ2v) is 5.55. The Labute approximate surface area is 125 Å². The van der Waals surface area contributed by atoms with Crippen molar-refractivity contribution in [1.82, 2.24) is 5.32 Å². The first-order chi connectivity index (χ1) is 10.0. The number of halogens is 1. The lowest BCUT2D eigenvalue weighted by Crippen LogP contribution is -2.29. The maximum absolute atomic E-state index is 12.9. The Bertz CT molecular complexity index is 550. The minimum atomic E-state index is -0.202. The number of hydrogen-bond acceptors (Lipinski definition) is 2. The molecule has 0 fully saturated rings. The molecule has 0 amide bonds. The SMILES string of the molecule is CC(CCc1ccc(O)cc1)N[C@H](C)c1ccc(F)cc1. The summed E-state index contributed by atoms with van der Waals surface area (Å²) < 4.78 is 12.9. The molecule has 0 spiro atoms. The molecule has 21 heavy (non-hydrogen) atoms. The van der Waals surface area contributed by atoms with E-state index in [0.29, 0.717) is 11.8 Å². The third kappa shape index (κ3) is 4.87.